The minimum Gasteiger partial charge on any atom is -0.339 e. The van der Waals surface area contributed by atoms with Crippen molar-refractivity contribution in [1.82, 2.24) is 14.7 Å². The molecule has 1 amide bonds. The fraction of sp³-hybridized carbons (Fsp3) is 0.909. The molecule has 0 bridgehead atoms. The highest BCUT2D eigenvalue weighted by atomic mass is 16.2. The van der Waals surface area contributed by atoms with E-state index in [1.807, 2.05) is 4.90 Å². The predicted octanol–water partition coefficient (Wildman–Crippen LogP) is -1.21. The zero-order valence-electron chi connectivity index (χ0n) is 10.1. The Bertz CT molecular complexity index is 250. The molecule has 2 N–H and O–H groups in total. The second-order valence-corrected chi connectivity index (χ2v) is 4.97. The van der Waals surface area contributed by atoms with Crippen molar-refractivity contribution in [2.75, 3.05) is 52.9 Å². The summed E-state index contributed by atoms with van der Waals surface area (Å²) in [5, 5.41) is 0. The summed E-state index contributed by atoms with van der Waals surface area (Å²) in [6.45, 7) is 6.12. The summed E-state index contributed by atoms with van der Waals surface area (Å²) in [6, 6.07) is 0.264. The number of carbonyl (C=O) groups excluding carboxylic acids is 1. The fourth-order valence-electron chi connectivity index (χ4n) is 2.35. The average Bonchev–Trinajstić information content (AvgIpc) is 2.65. The molecule has 0 saturated carbocycles. The van der Waals surface area contributed by atoms with E-state index in [1.165, 1.54) is 0 Å². The minimum absolute atomic E-state index is 0.264. The molecule has 1 atom stereocenters. The van der Waals surface area contributed by atoms with Gasteiger partial charge in [-0.05, 0) is 13.5 Å². The first-order valence-electron chi connectivity index (χ1n) is 6.09. The summed E-state index contributed by atoms with van der Waals surface area (Å²) in [5.74, 6) is 0.266. The van der Waals surface area contributed by atoms with Crippen LogP contribution in [0.4, 0.5) is 0 Å². The Kier molecular flexibility index (Phi) is 3.78. The highest BCUT2D eigenvalue weighted by molar-refractivity contribution is 5.78. The molecule has 0 aliphatic carbocycles. The molecule has 5 heteroatoms. The molecule has 2 heterocycles. The maximum absolute atomic E-state index is 12.0. The Balaban J connectivity index is 1.75. The van der Waals surface area contributed by atoms with E-state index in [4.69, 9.17) is 5.73 Å². The molecule has 0 aromatic rings. The van der Waals surface area contributed by atoms with Crippen molar-refractivity contribution in [2.24, 2.45) is 5.73 Å². The average molecular weight is 226 g/mol. The third-order valence-electron chi connectivity index (χ3n) is 3.52. The molecule has 2 aliphatic heterocycles. The molecule has 0 radical (unpaired) electrons. The van der Waals surface area contributed by atoms with E-state index in [0.717, 1.165) is 45.7 Å². The highest BCUT2D eigenvalue weighted by Crippen LogP contribution is 2.08. The van der Waals surface area contributed by atoms with E-state index >= 15 is 0 Å². The van der Waals surface area contributed by atoms with Crippen molar-refractivity contribution in [3.8, 4) is 0 Å². The second kappa shape index (κ2) is 5.12. The van der Waals surface area contributed by atoms with Crippen LogP contribution in [0.3, 0.4) is 0 Å². The van der Waals surface area contributed by atoms with Gasteiger partial charge in [-0.25, -0.2) is 0 Å². The van der Waals surface area contributed by atoms with Gasteiger partial charge in [0, 0.05) is 45.3 Å². The second-order valence-electron chi connectivity index (χ2n) is 4.97. The van der Waals surface area contributed by atoms with Crippen LogP contribution in [0, 0.1) is 0 Å². The normalized spacial score (nSPS) is 28.6. The van der Waals surface area contributed by atoms with Gasteiger partial charge in [0.15, 0.2) is 0 Å². The Morgan fingerprint density at radius 3 is 2.50 bits per heavy atom. The number of hydrogen-bond donors (Lipinski definition) is 1. The Morgan fingerprint density at radius 1 is 1.25 bits per heavy atom. The number of carbonyl (C=O) groups is 1. The molecule has 0 spiro atoms. The monoisotopic (exact) mass is 226 g/mol. The van der Waals surface area contributed by atoms with Gasteiger partial charge in [-0.2, -0.15) is 0 Å². The number of likely N-dealkylation sites (tertiary alicyclic amines) is 1. The maximum Gasteiger partial charge on any atom is 0.236 e. The quantitative estimate of drug-likeness (QED) is 0.642. The molecule has 5 nitrogen and oxygen atoms in total. The van der Waals surface area contributed by atoms with Gasteiger partial charge in [-0.1, -0.05) is 0 Å². The van der Waals surface area contributed by atoms with E-state index < -0.39 is 0 Å². The van der Waals surface area contributed by atoms with Crippen LogP contribution in [0.25, 0.3) is 0 Å². The lowest BCUT2D eigenvalue weighted by Gasteiger charge is -2.33. The Labute approximate surface area is 97.2 Å². The molecule has 0 aromatic carbocycles. The summed E-state index contributed by atoms with van der Waals surface area (Å²) in [4.78, 5) is 18.4. The number of likely N-dealkylation sites (N-methyl/N-ethyl adjacent to an activating group) is 1. The topological polar surface area (TPSA) is 52.8 Å². The van der Waals surface area contributed by atoms with Crippen molar-refractivity contribution < 1.29 is 4.79 Å². The molecule has 2 aliphatic rings. The Hall–Kier alpha value is -0.650. The fourth-order valence-corrected chi connectivity index (χ4v) is 2.35. The third kappa shape index (κ3) is 2.93. The van der Waals surface area contributed by atoms with E-state index in [-0.39, 0.29) is 11.9 Å². The van der Waals surface area contributed by atoms with Gasteiger partial charge in [0.25, 0.3) is 0 Å². The van der Waals surface area contributed by atoms with Gasteiger partial charge in [-0.15, -0.1) is 0 Å². The van der Waals surface area contributed by atoms with Crippen molar-refractivity contribution >= 4 is 5.91 Å². The SMILES string of the molecule is CN1CCN(C(=O)CN2CC[C@H](N)C2)CC1. The lowest BCUT2D eigenvalue weighted by atomic mass is 10.3. The summed E-state index contributed by atoms with van der Waals surface area (Å²) in [7, 11) is 2.10. The van der Waals surface area contributed by atoms with E-state index in [1.54, 1.807) is 0 Å². The van der Waals surface area contributed by atoms with E-state index in [0.29, 0.717) is 6.54 Å². The molecule has 2 fully saturated rings. The summed E-state index contributed by atoms with van der Waals surface area (Å²) in [6.07, 6.45) is 1.02. The van der Waals surface area contributed by atoms with E-state index in [9.17, 15) is 4.79 Å². The van der Waals surface area contributed by atoms with Crippen LogP contribution in [0.5, 0.6) is 0 Å². The number of piperazine rings is 1. The maximum atomic E-state index is 12.0. The van der Waals surface area contributed by atoms with Gasteiger partial charge < -0.3 is 15.5 Å². The molecule has 92 valence electrons. The summed E-state index contributed by atoms with van der Waals surface area (Å²) >= 11 is 0. The van der Waals surface area contributed by atoms with Crippen LogP contribution in [0.1, 0.15) is 6.42 Å². The number of rotatable bonds is 2. The molecule has 16 heavy (non-hydrogen) atoms. The third-order valence-corrected chi connectivity index (χ3v) is 3.52. The van der Waals surface area contributed by atoms with Crippen LogP contribution in [-0.4, -0.2) is 79.5 Å². The van der Waals surface area contributed by atoms with Gasteiger partial charge in [-0.3, -0.25) is 9.69 Å². The molecule has 0 unspecified atom stereocenters. The van der Waals surface area contributed by atoms with Crippen molar-refractivity contribution in [1.29, 1.82) is 0 Å². The standard InChI is InChI=1S/C11H22N4O/c1-13-4-6-15(7-5-13)11(16)9-14-3-2-10(12)8-14/h10H,2-9,12H2,1H3/t10-/m0/s1. The van der Waals surface area contributed by atoms with Gasteiger partial charge in [0.05, 0.1) is 6.54 Å². The minimum atomic E-state index is 0.264. The summed E-state index contributed by atoms with van der Waals surface area (Å²) in [5.41, 5.74) is 5.82. The molecule has 2 saturated heterocycles. The Morgan fingerprint density at radius 2 is 1.94 bits per heavy atom. The molecular formula is C11H22N4O. The zero-order valence-corrected chi connectivity index (χ0v) is 10.1. The number of hydrogen-bond acceptors (Lipinski definition) is 4. The first-order valence-corrected chi connectivity index (χ1v) is 6.09. The lowest BCUT2D eigenvalue weighted by molar-refractivity contribution is -0.133. The molecule has 0 aromatic heterocycles. The number of nitrogens with two attached hydrogens (primary N) is 1. The summed E-state index contributed by atoms with van der Waals surface area (Å²) < 4.78 is 0. The smallest absolute Gasteiger partial charge is 0.236 e. The van der Waals surface area contributed by atoms with Gasteiger partial charge in [0.2, 0.25) is 5.91 Å². The van der Waals surface area contributed by atoms with Crippen molar-refractivity contribution in [3.63, 3.8) is 0 Å². The van der Waals surface area contributed by atoms with E-state index in [2.05, 4.69) is 16.8 Å². The predicted molar refractivity (Wildman–Crippen MR) is 63.1 cm³/mol. The van der Waals surface area contributed by atoms with Crippen LogP contribution in [0.15, 0.2) is 0 Å². The largest absolute Gasteiger partial charge is 0.339 e. The van der Waals surface area contributed by atoms with Crippen LogP contribution in [0.2, 0.25) is 0 Å². The van der Waals surface area contributed by atoms with Crippen LogP contribution < -0.4 is 5.73 Å². The highest BCUT2D eigenvalue weighted by Gasteiger charge is 2.24. The zero-order chi connectivity index (χ0) is 11.5. The first-order chi connectivity index (χ1) is 7.65. The number of nitrogens with zero attached hydrogens (tertiary/aromatic N) is 3. The van der Waals surface area contributed by atoms with Crippen molar-refractivity contribution in [3.05, 3.63) is 0 Å². The number of amides is 1. The molecular weight excluding hydrogens is 204 g/mol. The van der Waals surface area contributed by atoms with Gasteiger partial charge >= 0.3 is 0 Å². The first kappa shape index (κ1) is 11.8. The lowest BCUT2D eigenvalue weighted by Crippen LogP contribution is -2.50. The van der Waals surface area contributed by atoms with Crippen LogP contribution in [-0.2, 0) is 4.79 Å². The van der Waals surface area contributed by atoms with Crippen LogP contribution >= 0.6 is 0 Å². The van der Waals surface area contributed by atoms with Gasteiger partial charge in [0.1, 0.15) is 0 Å². The molecule has 2 rings (SSSR count). The van der Waals surface area contributed by atoms with Crippen molar-refractivity contribution in [2.45, 2.75) is 12.5 Å².